The molecule has 0 heterocycles. The van der Waals surface area contributed by atoms with E-state index in [2.05, 4.69) is 148 Å². The van der Waals surface area contributed by atoms with Crippen molar-refractivity contribution in [2.75, 3.05) is 0 Å². The molecule has 44 heavy (non-hydrogen) atoms. The summed E-state index contributed by atoms with van der Waals surface area (Å²) in [5.74, 6) is -1.89. The van der Waals surface area contributed by atoms with E-state index in [1.54, 1.807) is 0 Å². The molecule has 2 atom stereocenters. The molecule has 0 nitrogen and oxygen atoms in total. The molecule has 0 N–H and O–H groups in total. The van der Waals surface area contributed by atoms with Crippen LogP contribution in [0.4, 0.5) is 0 Å². The molecule has 6 rings (SSSR count). The number of hydrogen-bond acceptors (Lipinski definition) is 0. The summed E-state index contributed by atoms with van der Waals surface area (Å²) in [7, 11) is 18.6. The summed E-state index contributed by atoms with van der Waals surface area (Å²) in [5, 5.41) is 0. The van der Waals surface area contributed by atoms with Crippen molar-refractivity contribution in [3.63, 3.8) is 0 Å². The Morgan fingerprint density at radius 2 is 0.909 bits per heavy atom. The van der Waals surface area contributed by atoms with Gasteiger partial charge in [-0.1, -0.05) is 0 Å². The van der Waals surface area contributed by atoms with E-state index in [0.29, 0.717) is 0 Å². The minimum absolute atomic E-state index is 0.563. The molecule has 227 valence electrons. The average molecular weight is 803 g/mol. The molecule has 4 heteroatoms. The van der Waals surface area contributed by atoms with Crippen LogP contribution in [0.2, 0.25) is 13.1 Å². The zero-order chi connectivity index (χ0) is 31.0. The molecule has 0 bridgehead atoms. The summed E-state index contributed by atoms with van der Waals surface area (Å²) >= 11 is -5.67. The number of halogens is 2. The van der Waals surface area contributed by atoms with Gasteiger partial charge < -0.3 is 0 Å². The Labute approximate surface area is 274 Å². The summed E-state index contributed by atoms with van der Waals surface area (Å²) in [4.78, 5) is 0. The van der Waals surface area contributed by atoms with Crippen LogP contribution in [-0.2, 0) is 21.6 Å². The first-order valence-corrected chi connectivity index (χ1v) is 38.2. The predicted octanol–water partition coefficient (Wildman–Crippen LogP) is 12.0. The second kappa shape index (κ2) is 12.3. The number of allylic oxidation sites excluding steroid dienone is 2. The van der Waals surface area contributed by atoms with Crippen molar-refractivity contribution in [3.8, 4) is 0 Å². The van der Waals surface area contributed by atoms with E-state index in [9.17, 15) is 17.2 Å². The number of fused-ring (bicyclic) bond motifs is 2. The third-order valence-corrected chi connectivity index (χ3v) is 88.6. The van der Waals surface area contributed by atoms with E-state index in [-0.39, 0.29) is 0 Å². The van der Waals surface area contributed by atoms with Gasteiger partial charge in [-0.25, -0.2) is 0 Å². The van der Waals surface area contributed by atoms with Gasteiger partial charge in [0.2, 0.25) is 0 Å². The molecule has 2 unspecified atom stereocenters. The van der Waals surface area contributed by atoms with Crippen LogP contribution in [0.15, 0.2) is 120 Å². The first kappa shape index (κ1) is 32.0. The minimum atomic E-state index is -5.67. The number of benzene rings is 4. The van der Waals surface area contributed by atoms with Gasteiger partial charge in [0.1, 0.15) is 0 Å². The Kier molecular flexibility index (Phi) is 8.96. The van der Waals surface area contributed by atoms with Crippen LogP contribution in [0, 0.1) is 0 Å². The Balaban J connectivity index is 1.88. The summed E-state index contributed by atoms with van der Waals surface area (Å²) in [6, 6.07) is 40.6. The molecule has 0 saturated heterocycles. The van der Waals surface area contributed by atoms with Gasteiger partial charge in [0.05, 0.1) is 0 Å². The van der Waals surface area contributed by atoms with Crippen molar-refractivity contribution in [3.05, 3.63) is 154 Å². The van der Waals surface area contributed by atoms with Crippen LogP contribution < -0.4 is 0 Å². The second-order valence-corrected chi connectivity index (χ2v) is 71.0. The van der Waals surface area contributed by atoms with Gasteiger partial charge in [-0.15, -0.1) is 0 Å². The molecule has 0 saturated carbocycles. The molecular formula is C40H45Cl2HfSi. The van der Waals surface area contributed by atoms with Gasteiger partial charge in [-0.2, -0.15) is 0 Å². The first-order chi connectivity index (χ1) is 21.3. The van der Waals surface area contributed by atoms with E-state index < -0.39 is 27.6 Å². The Bertz CT molecular complexity index is 1590. The zero-order valence-electron chi connectivity index (χ0n) is 26.6. The fraction of sp³-hybridized carbons (Fsp3) is 0.300. The van der Waals surface area contributed by atoms with Crippen LogP contribution in [0.5, 0.6) is 0 Å². The van der Waals surface area contributed by atoms with Crippen LogP contribution in [0.25, 0.3) is 12.2 Å². The van der Waals surface area contributed by atoms with E-state index in [0.717, 1.165) is 38.5 Å². The van der Waals surface area contributed by atoms with Crippen LogP contribution in [0.3, 0.4) is 0 Å². The second-order valence-electron chi connectivity index (χ2n) is 13.2. The van der Waals surface area contributed by atoms with Crippen molar-refractivity contribution in [1.29, 1.82) is 0 Å². The Hall–Kier alpha value is -1.97. The van der Waals surface area contributed by atoms with Crippen molar-refractivity contribution in [2.24, 2.45) is 0 Å². The van der Waals surface area contributed by atoms with Gasteiger partial charge in [0, 0.05) is 0 Å². The third-order valence-electron chi connectivity index (χ3n) is 10.8. The summed E-state index contributed by atoms with van der Waals surface area (Å²) in [6.45, 7) is 9.56. The van der Waals surface area contributed by atoms with Crippen LogP contribution >= 0.6 is 17.2 Å². The quantitative estimate of drug-likeness (QED) is 0.133. The molecule has 4 aromatic carbocycles. The molecule has 0 spiro atoms. The van der Waals surface area contributed by atoms with Gasteiger partial charge in [0.25, 0.3) is 0 Å². The molecule has 2 aliphatic carbocycles. The number of hydrogen-bond donors (Lipinski definition) is 0. The average Bonchev–Trinajstić information content (AvgIpc) is 3.58. The fourth-order valence-electron chi connectivity index (χ4n) is 8.94. The normalized spacial score (nSPS) is 21.8. The van der Waals surface area contributed by atoms with Crippen molar-refractivity contribution >= 4 is 35.3 Å². The van der Waals surface area contributed by atoms with E-state index in [1.165, 1.54) is 44.5 Å². The summed E-state index contributed by atoms with van der Waals surface area (Å²) in [6.07, 6.45) is 11.4. The van der Waals surface area contributed by atoms with Gasteiger partial charge in [0.15, 0.2) is 0 Å². The van der Waals surface area contributed by atoms with Gasteiger partial charge in [-0.05, 0) is 0 Å². The SMILES string of the molecule is CCCCC1=Cc2ccccc2[C]1(c1ccccc1)[Hf]([Cl])([Cl])([SiH](C)C)[C]1(c2ccccc2)C(CCCC)=Cc2ccccc21. The summed E-state index contributed by atoms with van der Waals surface area (Å²) < 4.78 is -1.13. The van der Waals surface area contributed by atoms with E-state index in [4.69, 9.17) is 0 Å². The standard InChI is InChI=1S/2C19H19.C2H7Si.2ClH.Hf/c2*1-2-3-9-17-14-16-12-7-8-13-18(16)19(17)15-10-5-4-6-11-15;1-3-2;;;/h2*4-8,10-14H,2-3,9H2,1H3;3H,1-2H3;2*1H;/q;;;;;+2/p-2. The monoisotopic (exact) mass is 803 g/mol. The van der Waals surface area contributed by atoms with Crippen molar-refractivity contribution in [2.45, 2.75) is 71.8 Å². The predicted molar refractivity (Wildman–Crippen MR) is 193 cm³/mol. The van der Waals surface area contributed by atoms with E-state index in [1.807, 2.05) is 0 Å². The Morgan fingerprint density at radius 1 is 0.545 bits per heavy atom. The topological polar surface area (TPSA) is 0 Å². The molecule has 2 aliphatic rings. The molecule has 0 amide bonds. The molecule has 0 aliphatic heterocycles. The molecule has 0 aromatic heterocycles. The number of rotatable bonds is 11. The molecule has 4 aromatic rings. The van der Waals surface area contributed by atoms with Crippen molar-refractivity contribution in [1.82, 2.24) is 0 Å². The van der Waals surface area contributed by atoms with Gasteiger partial charge >= 0.3 is 276 Å². The van der Waals surface area contributed by atoms with Crippen molar-refractivity contribution < 1.29 is 15.3 Å². The van der Waals surface area contributed by atoms with Crippen LogP contribution in [0.1, 0.15) is 85.8 Å². The van der Waals surface area contributed by atoms with Crippen LogP contribution in [-0.4, -0.2) is 5.98 Å². The van der Waals surface area contributed by atoms with Gasteiger partial charge in [-0.3, -0.25) is 0 Å². The summed E-state index contributed by atoms with van der Waals surface area (Å²) in [5.41, 5.74) is 10.7. The maximum atomic E-state index is 9.29. The molecular weight excluding hydrogens is 758 g/mol. The zero-order valence-corrected chi connectivity index (χ0v) is 32.9. The Morgan fingerprint density at radius 3 is 1.27 bits per heavy atom. The fourth-order valence-corrected chi connectivity index (χ4v) is 66.4. The first-order valence-electron chi connectivity index (χ1n) is 16.6. The molecule has 0 fully saturated rings. The molecule has 0 radical (unpaired) electrons. The van der Waals surface area contributed by atoms with E-state index >= 15 is 0 Å². The third kappa shape index (κ3) is 4.23. The number of unbranched alkanes of at least 4 members (excludes halogenated alkanes) is 2. The maximum absolute atomic E-state index is 9.29.